The fourth-order valence-electron chi connectivity index (χ4n) is 3.47. The Hall–Kier alpha value is -2.29. The number of carbonyl (C=O) groups is 1. The summed E-state index contributed by atoms with van der Waals surface area (Å²) in [6.07, 6.45) is 2.78. The van der Waals surface area contributed by atoms with Crippen LogP contribution >= 0.6 is 0 Å². The number of carbonyl (C=O) groups excluding carboxylic acids is 1. The number of para-hydroxylation sites is 1. The van der Waals surface area contributed by atoms with Gasteiger partial charge in [0, 0.05) is 31.7 Å². The number of benzene rings is 2. The highest BCUT2D eigenvalue weighted by molar-refractivity contribution is 5.77. The standard InChI is InChI=1S/C21H26N2O/c1-16(23(2)19-9-4-3-5-10-19)15-22-21(24)14-18-13-12-17-8-6-7-11-20(17)18/h3-11,16,18H,12-15H2,1-2H3,(H,22,24). The highest BCUT2D eigenvalue weighted by Crippen LogP contribution is 2.35. The maximum Gasteiger partial charge on any atom is 0.220 e. The summed E-state index contributed by atoms with van der Waals surface area (Å²) >= 11 is 0. The molecular weight excluding hydrogens is 296 g/mol. The summed E-state index contributed by atoms with van der Waals surface area (Å²) in [7, 11) is 2.07. The van der Waals surface area contributed by atoms with Crippen molar-refractivity contribution in [2.75, 3.05) is 18.5 Å². The summed E-state index contributed by atoms with van der Waals surface area (Å²) in [5.74, 6) is 0.536. The topological polar surface area (TPSA) is 32.3 Å². The molecule has 2 atom stereocenters. The first kappa shape index (κ1) is 16.6. The second-order valence-electron chi connectivity index (χ2n) is 6.74. The van der Waals surface area contributed by atoms with Gasteiger partial charge < -0.3 is 10.2 Å². The van der Waals surface area contributed by atoms with Crippen molar-refractivity contribution in [1.82, 2.24) is 5.32 Å². The molecule has 24 heavy (non-hydrogen) atoms. The van der Waals surface area contributed by atoms with E-state index in [2.05, 4.69) is 60.6 Å². The Kier molecular flexibility index (Phi) is 5.19. The number of anilines is 1. The first-order valence-electron chi connectivity index (χ1n) is 8.77. The Balaban J connectivity index is 1.49. The van der Waals surface area contributed by atoms with Gasteiger partial charge in [-0.3, -0.25) is 4.79 Å². The Morgan fingerprint density at radius 3 is 2.67 bits per heavy atom. The minimum atomic E-state index is 0.157. The van der Waals surface area contributed by atoms with Gasteiger partial charge in [0.05, 0.1) is 0 Å². The molecule has 0 radical (unpaired) electrons. The Labute approximate surface area is 144 Å². The molecule has 0 saturated carbocycles. The number of nitrogens with zero attached hydrogens (tertiary/aromatic N) is 1. The monoisotopic (exact) mass is 322 g/mol. The fraction of sp³-hybridized carbons (Fsp3) is 0.381. The number of nitrogens with one attached hydrogen (secondary N) is 1. The van der Waals surface area contributed by atoms with Crippen LogP contribution < -0.4 is 10.2 Å². The number of hydrogen-bond acceptors (Lipinski definition) is 2. The SMILES string of the molecule is CC(CNC(=O)CC1CCc2ccccc21)N(C)c1ccccc1. The van der Waals surface area contributed by atoms with Crippen molar-refractivity contribution < 1.29 is 4.79 Å². The average molecular weight is 322 g/mol. The molecule has 0 aliphatic heterocycles. The summed E-state index contributed by atoms with van der Waals surface area (Å²) in [5.41, 5.74) is 3.94. The van der Waals surface area contributed by atoms with Gasteiger partial charge in [-0.05, 0) is 48.9 Å². The number of amides is 1. The second kappa shape index (κ2) is 7.52. The maximum atomic E-state index is 12.3. The largest absolute Gasteiger partial charge is 0.370 e. The minimum absolute atomic E-state index is 0.157. The van der Waals surface area contributed by atoms with E-state index in [0.717, 1.165) is 12.8 Å². The van der Waals surface area contributed by atoms with E-state index in [0.29, 0.717) is 18.9 Å². The quantitative estimate of drug-likeness (QED) is 0.878. The molecule has 1 amide bonds. The molecule has 1 aliphatic rings. The lowest BCUT2D eigenvalue weighted by atomic mass is 9.97. The molecule has 0 fully saturated rings. The lowest BCUT2D eigenvalue weighted by molar-refractivity contribution is -0.121. The number of likely N-dealkylation sites (N-methyl/N-ethyl adjacent to an activating group) is 1. The zero-order valence-corrected chi connectivity index (χ0v) is 14.5. The molecule has 2 unspecified atom stereocenters. The molecule has 3 rings (SSSR count). The molecular formula is C21H26N2O. The van der Waals surface area contributed by atoms with E-state index >= 15 is 0 Å². The van der Waals surface area contributed by atoms with E-state index < -0.39 is 0 Å². The van der Waals surface area contributed by atoms with Crippen molar-refractivity contribution in [2.24, 2.45) is 0 Å². The highest BCUT2D eigenvalue weighted by atomic mass is 16.1. The smallest absolute Gasteiger partial charge is 0.220 e. The minimum Gasteiger partial charge on any atom is -0.370 e. The van der Waals surface area contributed by atoms with Crippen molar-refractivity contribution >= 4 is 11.6 Å². The normalized spacial score (nSPS) is 17.2. The molecule has 1 aliphatic carbocycles. The molecule has 0 bridgehead atoms. The third-order valence-corrected chi connectivity index (χ3v) is 5.11. The predicted octanol–water partition coefficient (Wildman–Crippen LogP) is 3.75. The number of aryl methyl sites for hydroxylation is 1. The fourth-order valence-corrected chi connectivity index (χ4v) is 3.47. The lowest BCUT2D eigenvalue weighted by Crippen LogP contribution is -2.40. The zero-order valence-electron chi connectivity index (χ0n) is 14.5. The van der Waals surface area contributed by atoms with Gasteiger partial charge in [0.25, 0.3) is 0 Å². The highest BCUT2D eigenvalue weighted by Gasteiger charge is 2.24. The van der Waals surface area contributed by atoms with Crippen LogP contribution in [0.4, 0.5) is 5.69 Å². The van der Waals surface area contributed by atoms with E-state index in [1.807, 2.05) is 18.2 Å². The molecule has 126 valence electrons. The van der Waals surface area contributed by atoms with E-state index in [-0.39, 0.29) is 11.9 Å². The first-order chi connectivity index (χ1) is 11.6. The van der Waals surface area contributed by atoms with E-state index in [9.17, 15) is 4.79 Å². The van der Waals surface area contributed by atoms with Crippen LogP contribution in [0.1, 0.15) is 36.8 Å². The summed E-state index contributed by atoms with van der Waals surface area (Å²) in [6.45, 7) is 2.80. The van der Waals surface area contributed by atoms with Gasteiger partial charge in [-0.25, -0.2) is 0 Å². The number of rotatable bonds is 6. The first-order valence-corrected chi connectivity index (χ1v) is 8.77. The zero-order chi connectivity index (χ0) is 16.9. The Morgan fingerprint density at radius 2 is 1.88 bits per heavy atom. The summed E-state index contributed by atoms with van der Waals surface area (Å²) < 4.78 is 0. The van der Waals surface area contributed by atoms with Crippen molar-refractivity contribution in [2.45, 2.75) is 38.1 Å². The van der Waals surface area contributed by atoms with Gasteiger partial charge in [-0.15, -0.1) is 0 Å². The van der Waals surface area contributed by atoms with Crippen LogP contribution in [-0.4, -0.2) is 25.5 Å². The van der Waals surface area contributed by atoms with Crippen LogP contribution in [0.2, 0.25) is 0 Å². The third kappa shape index (κ3) is 3.78. The van der Waals surface area contributed by atoms with Crippen LogP contribution in [0, 0.1) is 0 Å². The Morgan fingerprint density at radius 1 is 1.17 bits per heavy atom. The molecule has 3 nitrogen and oxygen atoms in total. The summed E-state index contributed by atoms with van der Waals surface area (Å²) in [4.78, 5) is 14.5. The van der Waals surface area contributed by atoms with E-state index in [4.69, 9.17) is 0 Å². The summed E-state index contributed by atoms with van der Waals surface area (Å²) in [6, 6.07) is 19.0. The van der Waals surface area contributed by atoms with E-state index in [1.165, 1.54) is 16.8 Å². The number of hydrogen-bond donors (Lipinski definition) is 1. The maximum absolute atomic E-state index is 12.3. The van der Waals surface area contributed by atoms with Crippen LogP contribution in [0.25, 0.3) is 0 Å². The van der Waals surface area contributed by atoms with Crippen LogP contribution in [0.15, 0.2) is 54.6 Å². The van der Waals surface area contributed by atoms with Crippen LogP contribution in [0.3, 0.4) is 0 Å². The van der Waals surface area contributed by atoms with Crippen LogP contribution in [0.5, 0.6) is 0 Å². The molecule has 3 heteroatoms. The molecule has 2 aromatic rings. The van der Waals surface area contributed by atoms with Gasteiger partial charge in [0.15, 0.2) is 0 Å². The average Bonchev–Trinajstić information content (AvgIpc) is 3.03. The number of fused-ring (bicyclic) bond motifs is 1. The summed E-state index contributed by atoms with van der Waals surface area (Å²) in [5, 5.41) is 3.11. The Bertz CT molecular complexity index is 683. The van der Waals surface area contributed by atoms with Crippen molar-refractivity contribution in [3.05, 3.63) is 65.7 Å². The molecule has 0 saturated heterocycles. The van der Waals surface area contributed by atoms with Gasteiger partial charge in [0.1, 0.15) is 0 Å². The molecule has 2 aromatic carbocycles. The lowest BCUT2D eigenvalue weighted by Gasteiger charge is -2.27. The predicted molar refractivity (Wildman–Crippen MR) is 99.4 cm³/mol. The van der Waals surface area contributed by atoms with Crippen molar-refractivity contribution in [3.8, 4) is 0 Å². The van der Waals surface area contributed by atoms with Gasteiger partial charge in [-0.2, -0.15) is 0 Å². The second-order valence-corrected chi connectivity index (χ2v) is 6.74. The van der Waals surface area contributed by atoms with E-state index in [1.54, 1.807) is 0 Å². The molecule has 0 heterocycles. The van der Waals surface area contributed by atoms with Crippen LogP contribution in [-0.2, 0) is 11.2 Å². The van der Waals surface area contributed by atoms with Crippen molar-refractivity contribution in [3.63, 3.8) is 0 Å². The molecule has 0 aromatic heterocycles. The van der Waals surface area contributed by atoms with Gasteiger partial charge in [-0.1, -0.05) is 42.5 Å². The molecule has 1 N–H and O–H groups in total. The third-order valence-electron chi connectivity index (χ3n) is 5.11. The van der Waals surface area contributed by atoms with Gasteiger partial charge in [0.2, 0.25) is 5.91 Å². The van der Waals surface area contributed by atoms with Gasteiger partial charge >= 0.3 is 0 Å². The van der Waals surface area contributed by atoms with Crippen molar-refractivity contribution in [1.29, 1.82) is 0 Å². The molecule has 0 spiro atoms.